The van der Waals surface area contributed by atoms with Crippen molar-refractivity contribution < 1.29 is 13.2 Å². The van der Waals surface area contributed by atoms with Crippen LogP contribution in [0.15, 0.2) is 71.3 Å². The van der Waals surface area contributed by atoms with E-state index in [2.05, 4.69) is 25.6 Å². The lowest BCUT2D eigenvalue weighted by Crippen LogP contribution is -2.38. The Kier molecular flexibility index (Phi) is 7.65. The lowest BCUT2D eigenvalue weighted by atomic mass is 10.0. The molecule has 0 bridgehead atoms. The number of aryl methyl sites for hydroxylation is 2. The third kappa shape index (κ3) is 5.92. The first-order chi connectivity index (χ1) is 19.9. The number of thiazole rings is 1. The first-order valence-electron chi connectivity index (χ1n) is 13.5. The highest BCUT2D eigenvalue weighted by molar-refractivity contribution is 7.92. The molecule has 1 fully saturated rings. The Bertz CT molecular complexity index is 1820. The van der Waals surface area contributed by atoms with Crippen molar-refractivity contribution in [2.75, 3.05) is 18.4 Å². The Balaban J connectivity index is 1.33. The number of hydrogen-bond acceptors (Lipinski definition) is 10. The van der Waals surface area contributed by atoms with Gasteiger partial charge in [0.2, 0.25) is 11.8 Å². The van der Waals surface area contributed by atoms with Crippen LogP contribution in [0, 0.1) is 13.8 Å². The zero-order chi connectivity index (χ0) is 28.4. The van der Waals surface area contributed by atoms with Gasteiger partial charge in [0.15, 0.2) is 9.84 Å². The second-order valence-corrected chi connectivity index (χ2v) is 13.5. The second kappa shape index (κ2) is 11.5. The highest BCUT2D eigenvalue weighted by atomic mass is 32.2. The molecule has 41 heavy (non-hydrogen) atoms. The number of rotatable bonds is 8. The van der Waals surface area contributed by atoms with E-state index in [4.69, 9.17) is 9.72 Å². The second-order valence-electron chi connectivity index (χ2n) is 10.1. The highest BCUT2D eigenvalue weighted by Crippen LogP contribution is 2.38. The Hall–Kier alpha value is -3.93. The van der Waals surface area contributed by atoms with E-state index in [0.717, 1.165) is 52.8 Å². The van der Waals surface area contributed by atoms with Gasteiger partial charge in [0.25, 0.3) is 0 Å². The standard InChI is InChI=1S/C30H30N6O3S2/c1-19-10-11-23-21(18-41(37,38)27-17-34-20(2)40-27)6-3-8-24(23)28(19)39-29-25(9-5-14-32-29)26-12-15-33-30(36-26)35-22-7-4-13-31-16-22/h3,5-6,8-12,14-15,17,22,31H,4,7,13,16,18H2,1-2H3,(H,33,35,36)/t22-/m0/s1. The van der Waals surface area contributed by atoms with Gasteiger partial charge >= 0.3 is 0 Å². The summed E-state index contributed by atoms with van der Waals surface area (Å²) in [6.07, 6.45) is 7.03. The van der Waals surface area contributed by atoms with Crippen molar-refractivity contribution in [2.24, 2.45) is 0 Å². The van der Waals surface area contributed by atoms with Gasteiger partial charge in [-0.25, -0.2) is 28.4 Å². The van der Waals surface area contributed by atoms with Crippen LogP contribution < -0.4 is 15.4 Å². The van der Waals surface area contributed by atoms with Crippen molar-refractivity contribution in [2.45, 2.75) is 42.7 Å². The summed E-state index contributed by atoms with van der Waals surface area (Å²) in [4.78, 5) is 17.9. The Labute approximate surface area is 243 Å². The fourth-order valence-corrected chi connectivity index (χ4v) is 7.59. The third-order valence-corrected chi connectivity index (χ3v) is 10.2. The summed E-state index contributed by atoms with van der Waals surface area (Å²) >= 11 is 1.19. The summed E-state index contributed by atoms with van der Waals surface area (Å²) in [5, 5.41) is 9.17. The molecule has 11 heteroatoms. The normalized spacial score (nSPS) is 15.6. The zero-order valence-electron chi connectivity index (χ0n) is 22.8. The third-order valence-electron chi connectivity index (χ3n) is 7.08. The van der Waals surface area contributed by atoms with E-state index in [1.807, 2.05) is 55.5 Å². The van der Waals surface area contributed by atoms with Crippen LogP contribution >= 0.6 is 11.3 Å². The molecule has 1 saturated heterocycles. The molecule has 0 saturated carbocycles. The van der Waals surface area contributed by atoms with E-state index >= 15 is 0 Å². The number of sulfone groups is 1. The molecule has 0 amide bonds. The van der Waals surface area contributed by atoms with Crippen molar-refractivity contribution in [1.82, 2.24) is 25.3 Å². The molecule has 6 rings (SSSR count). The van der Waals surface area contributed by atoms with Crippen LogP contribution in [-0.4, -0.2) is 47.5 Å². The van der Waals surface area contributed by atoms with Gasteiger partial charge in [0.1, 0.15) is 9.96 Å². The van der Waals surface area contributed by atoms with Gasteiger partial charge in [-0.15, -0.1) is 11.3 Å². The molecule has 0 unspecified atom stereocenters. The number of ether oxygens (including phenoxy) is 1. The van der Waals surface area contributed by atoms with E-state index in [1.165, 1.54) is 17.5 Å². The molecule has 2 N–H and O–H groups in total. The first-order valence-corrected chi connectivity index (χ1v) is 15.9. The van der Waals surface area contributed by atoms with E-state index in [0.29, 0.717) is 28.8 Å². The van der Waals surface area contributed by atoms with Crippen LogP contribution in [0.5, 0.6) is 11.6 Å². The maximum atomic E-state index is 13.2. The average molecular weight is 587 g/mol. The molecule has 0 aliphatic carbocycles. The maximum Gasteiger partial charge on any atom is 0.228 e. The molecular weight excluding hydrogens is 557 g/mol. The summed E-state index contributed by atoms with van der Waals surface area (Å²) in [6.45, 7) is 5.67. The molecule has 1 atom stereocenters. The SMILES string of the molecule is Cc1ncc(S(=O)(=O)Cc2cccc3c(Oc4ncccc4-c4ccnc(N[C@H]5CCCNC5)n4)c(C)ccc23)s1. The summed E-state index contributed by atoms with van der Waals surface area (Å²) in [7, 11) is -3.54. The molecule has 0 radical (unpaired) electrons. The van der Waals surface area contributed by atoms with Crippen molar-refractivity contribution in [3.05, 3.63) is 83.3 Å². The number of hydrogen-bond donors (Lipinski definition) is 2. The number of nitrogens with zero attached hydrogens (tertiary/aromatic N) is 4. The predicted molar refractivity (Wildman–Crippen MR) is 161 cm³/mol. The van der Waals surface area contributed by atoms with Gasteiger partial charge in [-0.05, 0) is 67.9 Å². The molecular formula is C30H30N6O3S2. The summed E-state index contributed by atoms with van der Waals surface area (Å²) in [5.41, 5.74) is 3.03. The number of benzene rings is 2. The first kappa shape index (κ1) is 27.3. The van der Waals surface area contributed by atoms with Crippen LogP contribution in [0.2, 0.25) is 0 Å². The molecule has 1 aliphatic heterocycles. The van der Waals surface area contributed by atoms with Gasteiger partial charge in [-0.1, -0.05) is 30.3 Å². The zero-order valence-corrected chi connectivity index (χ0v) is 24.4. The van der Waals surface area contributed by atoms with Crippen LogP contribution in [0.4, 0.5) is 5.95 Å². The van der Waals surface area contributed by atoms with E-state index in [1.54, 1.807) is 19.3 Å². The lowest BCUT2D eigenvalue weighted by Gasteiger charge is -2.23. The quantitative estimate of drug-likeness (QED) is 0.236. The Morgan fingerprint density at radius 1 is 1.02 bits per heavy atom. The van der Waals surface area contributed by atoms with Crippen molar-refractivity contribution >= 4 is 37.9 Å². The number of anilines is 1. The van der Waals surface area contributed by atoms with Crippen LogP contribution in [-0.2, 0) is 15.6 Å². The Morgan fingerprint density at radius 3 is 2.73 bits per heavy atom. The monoisotopic (exact) mass is 586 g/mol. The van der Waals surface area contributed by atoms with Crippen LogP contribution in [0.25, 0.3) is 22.0 Å². The fraction of sp³-hybridized carbons (Fsp3) is 0.267. The van der Waals surface area contributed by atoms with E-state index < -0.39 is 9.84 Å². The van der Waals surface area contributed by atoms with Crippen molar-refractivity contribution in [3.63, 3.8) is 0 Å². The van der Waals surface area contributed by atoms with Gasteiger partial charge in [0, 0.05) is 30.4 Å². The van der Waals surface area contributed by atoms with Crippen LogP contribution in [0.1, 0.15) is 29.0 Å². The molecule has 210 valence electrons. The minimum atomic E-state index is -3.54. The van der Waals surface area contributed by atoms with Crippen molar-refractivity contribution in [3.8, 4) is 22.9 Å². The predicted octanol–water partition coefficient (Wildman–Crippen LogP) is 5.70. The fourth-order valence-electron chi connectivity index (χ4n) is 5.03. The summed E-state index contributed by atoms with van der Waals surface area (Å²) in [5.74, 6) is 1.46. The maximum absolute atomic E-state index is 13.2. The van der Waals surface area contributed by atoms with E-state index in [-0.39, 0.29) is 16.0 Å². The van der Waals surface area contributed by atoms with Gasteiger partial charge in [0.05, 0.1) is 28.2 Å². The average Bonchev–Trinajstić information content (AvgIpc) is 3.43. The number of piperidine rings is 1. The van der Waals surface area contributed by atoms with Gasteiger partial charge in [-0.3, -0.25) is 0 Å². The van der Waals surface area contributed by atoms with Gasteiger partial charge < -0.3 is 15.4 Å². The molecule has 2 aromatic carbocycles. The number of pyridine rings is 1. The highest BCUT2D eigenvalue weighted by Gasteiger charge is 2.21. The number of aromatic nitrogens is 4. The molecule has 3 aromatic heterocycles. The summed E-state index contributed by atoms with van der Waals surface area (Å²) in [6, 6.07) is 15.4. The molecule has 5 aromatic rings. The minimum absolute atomic E-state index is 0.128. The Morgan fingerprint density at radius 2 is 1.93 bits per heavy atom. The molecule has 9 nitrogen and oxygen atoms in total. The van der Waals surface area contributed by atoms with Gasteiger partial charge in [-0.2, -0.15) is 0 Å². The molecule has 4 heterocycles. The smallest absolute Gasteiger partial charge is 0.228 e. The minimum Gasteiger partial charge on any atom is -0.437 e. The molecule has 0 spiro atoms. The topological polar surface area (TPSA) is 119 Å². The molecule has 1 aliphatic rings. The number of fused-ring (bicyclic) bond motifs is 1. The lowest BCUT2D eigenvalue weighted by molar-refractivity contribution is 0.466. The van der Waals surface area contributed by atoms with E-state index in [9.17, 15) is 8.42 Å². The summed E-state index contributed by atoms with van der Waals surface area (Å²) < 4.78 is 33.1. The van der Waals surface area contributed by atoms with Crippen molar-refractivity contribution in [1.29, 1.82) is 0 Å². The largest absolute Gasteiger partial charge is 0.437 e. The number of nitrogens with one attached hydrogen (secondary N) is 2. The van der Waals surface area contributed by atoms with Crippen LogP contribution in [0.3, 0.4) is 0 Å².